The van der Waals surface area contributed by atoms with E-state index in [0.29, 0.717) is 30.3 Å². The van der Waals surface area contributed by atoms with E-state index in [1.165, 1.54) is 6.07 Å². The monoisotopic (exact) mass is 252 g/mol. The highest BCUT2D eigenvalue weighted by atomic mass is 16.5. The Labute approximate surface area is 105 Å². The van der Waals surface area contributed by atoms with Crippen molar-refractivity contribution in [3.05, 3.63) is 23.8 Å². The molecule has 1 aromatic rings. The lowest BCUT2D eigenvalue weighted by Gasteiger charge is -2.11. The van der Waals surface area contributed by atoms with Gasteiger partial charge < -0.3 is 14.6 Å². The zero-order valence-corrected chi connectivity index (χ0v) is 10.4. The molecule has 0 aliphatic rings. The van der Waals surface area contributed by atoms with Crippen molar-refractivity contribution in [2.75, 3.05) is 13.2 Å². The molecule has 5 nitrogen and oxygen atoms in total. The maximum absolute atomic E-state index is 11.6. The Morgan fingerprint density at radius 1 is 1.11 bits per heavy atom. The van der Waals surface area contributed by atoms with E-state index in [4.69, 9.17) is 14.6 Å². The Kier molecular flexibility index (Phi) is 5.17. The third kappa shape index (κ3) is 3.76. The minimum Gasteiger partial charge on any atom is -0.490 e. The molecule has 98 valence electrons. The first-order chi connectivity index (χ1) is 8.58. The van der Waals surface area contributed by atoms with E-state index in [9.17, 15) is 9.59 Å². The number of carboxylic acids is 1. The van der Waals surface area contributed by atoms with Gasteiger partial charge in [0.25, 0.3) is 0 Å². The maximum Gasteiger partial charge on any atom is 0.311 e. The molecule has 0 spiro atoms. The second-order valence-corrected chi connectivity index (χ2v) is 3.52. The Morgan fingerprint density at radius 3 is 2.28 bits per heavy atom. The average molecular weight is 252 g/mol. The first kappa shape index (κ1) is 14.0. The molecule has 0 radical (unpaired) electrons. The van der Waals surface area contributed by atoms with Crippen LogP contribution >= 0.6 is 0 Å². The van der Waals surface area contributed by atoms with Crippen molar-refractivity contribution >= 4 is 11.8 Å². The van der Waals surface area contributed by atoms with E-state index >= 15 is 0 Å². The molecule has 0 atom stereocenters. The second-order valence-electron chi connectivity index (χ2n) is 3.52. The number of rotatable bonds is 7. The van der Waals surface area contributed by atoms with Crippen LogP contribution in [0.1, 0.15) is 30.6 Å². The Bertz CT molecular complexity index is 439. The Hall–Kier alpha value is -2.04. The van der Waals surface area contributed by atoms with Crippen molar-refractivity contribution in [1.82, 2.24) is 0 Å². The summed E-state index contributed by atoms with van der Waals surface area (Å²) >= 11 is 0. The van der Waals surface area contributed by atoms with E-state index in [1.807, 2.05) is 13.8 Å². The molecule has 0 bridgehead atoms. The molecule has 0 fully saturated rings. The lowest BCUT2D eigenvalue weighted by atomic mass is 10.1. The van der Waals surface area contributed by atoms with Gasteiger partial charge >= 0.3 is 5.97 Å². The number of carbonyl (C=O) groups excluding carboxylic acids is 1. The lowest BCUT2D eigenvalue weighted by molar-refractivity contribution is -0.135. The first-order valence-corrected chi connectivity index (χ1v) is 5.73. The highest BCUT2D eigenvalue weighted by Crippen LogP contribution is 2.28. The van der Waals surface area contributed by atoms with Gasteiger partial charge in [-0.1, -0.05) is 0 Å². The van der Waals surface area contributed by atoms with Crippen LogP contribution in [0.25, 0.3) is 0 Å². The zero-order valence-electron chi connectivity index (χ0n) is 10.4. The minimum absolute atomic E-state index is 0.310. The van der Waals surface area contributed by atoms with Crippen LogP contribution in [-0.4, -0.2) is 30.1 Å². The third-order valence-electron chi connectivity index (χ3n) is 2.18. The van der Waals surface area contributed by atoms with Crippen molar-refractivity contribution in [3.63, 3.8) is 0 Å². The molecule has 0 aliphatic heterocycles. The van der Waals surface area contributed by atoms with Crippen LogP contribution in [0.2, 0.25) is 0 Å². The van der Waals surface area contributed by atoms with Crippen LogP contribution in [-0.2, 0) is 4.79 Å². The van der Waals surface area contributed by atoms with Crippen molar-refractivity contribution in [1.29, 1.82) is 0 Å². The van der Waals surface area contributed by atoms with Crippen LogP contribution in [0.4, 0.5) is 0 Å². The van der Waals surface area contributed by atoms with Crippen molar-refractivity contribution in [2.24, 2.45) is 0 Å². The minimum atomic E-state index is -1.15. The van der Waals surface area contributed by atoms with Crippen molar-refractivity contribution in [2.45, 2.75) is 20.3 Å². The molecule has 0 aliphatic carbocycles. The predicted octanol–water partition coefficient (Wildman–Crippen LogP) is 2.14. The fourth-order valence-corrected chi connectivity index (χ4v) is 1.46. The van der Waals surface area contributed by atoms with Gasteiger partial charge in [0.15, 0.2) is 17.3 Å². The van der Waals surface area contributed by atoms with Gasteiger partial charge in [0.1, 0.15) is 6.42 Å². The Morgan fingerprint density at radius 2 is 1.72 bits per heavy atom. The predicted molar refractivity (Wildman–Crippen MR) is 65.4 cm³/mol. The van der Waals surface area contributed by atoms with E-state index in [1.54, 1.807) is 12.1 Å². The SMILES string of the molecule is CCOc1ccc(C(=O)CC(=O)O)cc1OCC. The van der Waals surface area contributed by atoms with Crippen LogP contribution in [0.3, 0.4) is 0 Å². The number of Topliss-reactive ketones (excluding diaryl/α,β-unsaturated/α-hetero) is 1. The van der Waals surface area contributed by atoms with E-state index in [-0.39, 0.29) is 0 Å². The first-order valence-electron chi connectivity index (χ1n) is 5.73. The largest absolute Gasteiger partial charge is 0.490 e. The number of carboxylic acid groups (broad SMARTS) is 1. The van der Waals surface area contributed by atoms with Crippen molar-refractivity contribution < 1.29 is 24.2 Å². The van der Waals surface area contributed by atoms with Crippen LogP contribution in [0, 0.1) is 0 Å². The molecular weight excluding hydrogens is 236 g/mol. The summed E-state index contributed by atoms with van der Waals surface area (Å²) in [5.41, 5.74) is 0.310. The number of ether oxygens (including phenoxy) is 2. The zero-order chi connectivity index (χ0) is 13.5. The molecule has 18 heavy (non-hydrogen) atoms. The molecule has 0 heterocycles. The number of aliphatic carboxylic acids is 1. The molecule has 1 N–H and O–H groups in total. The molecule has 0 unspecified atom stereocenters. The molecule has 5 heteroatoms. The van der Waals surface area contributed by atoms with Gasteiger partial charge in [-0.25, -0.2) is 0 Å². The lowest BCUT2D eigenvalue weighted by Crippen LogP contribution is -2.08. The molecule has 1 aromatic carbocycles. The summed E-state index contributed by atoms with van der Waals surface area (Å²) in [5, 5.41) is 8.58. The average Bonchev–Trinajstić information content (AvgIpc) is 2.31. The van der Waals surface area contributed by atoms with Gasteiger partial charge in [-0.3, -0.25) is 9.59 Å². The summed E-state index contributed by atoms with van der Waals surface area (Å²) in [6.07, 6.45) is -0.528. The normalized spacial score (nSPS) is 9.89. The van der Waals surface area contributed by atoms with Gasteiger partial charge in [0, 0.05) is 5.56 Å². The summed E-state index contributed by atoms with van der Waals surface area (Å²) in [4.78, 5) is 22.1. The van der Waals surface area contributed by atoms with Gasteiger partial charge in [-0.05, 0) is 32.0 Å². The molecule has 1 rings (SSSR count). The van der Waals surface area contributed by atoms with E-state index < -0.39 is 18.2 Å². The molecule has 0 aromatic heterocycles. The fraction of sp³-hybridized carbons (Fsp3) is 0.385. The fourth-order valence-electron chi connectivity index (χ4n) is 1.46. The van der Waals surface area contributed by atoms with Gasteiger partial charge in [0.05, 0.1) is 13.2 Å². The number of benzene rings is 1. The second kappa shape index (κ2) is 6.64. The van der Waals surface area contributed by atoms with Gasteiger partial charge in [-0.2, -0.15) is 0 Å². The summed E-state index contributed by atoms with van der Waals surface area (Å²) in [5.74, 6) is -0.597. The topological polar surface area (TPSA) is 72.8 Å². The summed E-state index contributed by atoms with van der Waals surface area (Å²) in [7, 11) is 0. The molecule has 0 amide bonds. The van der Waals surface area contributed by atoms with Crippen LogP contribution in [0.5, 0.6) is 11.5 Å². The molecule has 0 saturated heterocycles. The van der Waals surface area contributed by atoms with Gasteiger partial charge in [-0.15, -0.1) is 0 Å². The number of hydrogen-bond acceptors (Lipinski definition) is 4. The van der Waals surface area contributed by atoms with E-state index in [2.05, 4.69) is 0 Å². The maximum atomic E-state index is 11.6. The summed E-state index contributed by atoms with van der Waals surface area (Å²) in [6, 6.07) is 4.67. The molecular formula is C13H16O5. The standard InChI is InChI=1S/C13H16O5/c1-3-17-11-6-5-9(7-12(11)18-4-2)10(14)8-13(15)16/h5-7H,3-4,8H2,1-2H3,(H,15,16). The highest BCUT2D eigenvalue weighted by molar-refractivity contribution is 6.05. The summed E-state index contributed by atoms with van der Waals surface area (Å²) in [6.45, 7) is 4.60. The Balaban J connectivity index is 2.98. The smallest absolute Gasteiger partial charge is 0.311 e. The van der Waals surface area contributed by atoms with Gasteiger partial charge in [0.2, 0.25) is 0 Å². The molecule has 0 saturated carbocycles. The number of carbonyl (C=O) groups is 2. The summed E-state index contributed by atoms with van der Waals surface area (Å²) < 4.78 is 10.7. The third-order valence-corrected chi connectivity index (χ3v) is 2.18. The van der Waals surface area contributed by atoms with Crippen LogP contribution in [0.15, 0.2) is 18.2 Å². The van der Waals surface area contributed by atoms with Crippen molar-refractivity contribution in [3.8, 4) is 11.5 Å². The number of hydrogen-bond donors (Lipinski definition) is 1. The highest BCUT2D eigenvalue weighted by Gasteiger charge is 2.14. The number of ketones is 1. The van der Waals surface area contributed by atoms with E-state index in [0.717, 1.165) is 0 Å². The van der Waals surface area contributed by atoms with Crippen LogP contribution < -0.4 is 9.47 Å². The quantitative estimate of drug-likeness (QED) is 0.594.